The van der Waals surface area contributed by atoms with Gasteiger partial charge in [-0.1, -0.05) is 24.8 Å². The van der Waals surface area contributed by atoms with Crippen LogP contribution in [-0.4, -0.2) is 62.8 Å². The van der Waals surface area contributed by atoms with Crippen LogP contribution in [0.5, 0.6) is 5.75 Å². The predicted molar refractivity (Wildman–Crippen MR) is 88.2 cm³/mol. The Labute approximate surface area is 206 Å². The van der Waals surface area contributed by atoms with E-state index in [0.29, 0.717) is 5.56 Å². The second-order valence-electron chi connectivity index (χ2n) is 5.67. The Balaban J connectivity index is -0.00000225. The Bertz CT molecular complexity index is 874. The maximum Gasteiger partial charge on any atom is 1.00 e. The summed E-state index contributed by atoms with van der Waals surface area (Å²) in [4.78, 5) is 0. The molecule has 0 aliphatic rings. The first kappa shape index (κ1) is 33.9. The van der Waals surface area contributed by atoms with Crippen LogP contribution in [-0.2, 0) is 30.4 Å². The fourth-order valence-corrected chi connectivity index (χ4v) is 5.81. The van der Waals surface area contributed by atoms with E-state index in [1.54, 1.807) is 0 Å². The fourth-order valence-electron chi connectivity index (χ4n) is 2.31. The van der Waals surface area contributed by atoms with Crippen LogP contribution in [0.1, 0.15) is 5.56 Å². The average Bonchev–Trinajstić information content (AvgIpc) is 2.40. The van der Waals surface area contributed by atoms with E-state index in [0.717, 1.165) is 0 Å². The van der Waals surface area contributed by atoms with Crippen molar-refractivity contribution in [1.82, 2.24) is 0 Å². The van der Waals surface area contributed by atoms with Crippen molar-refractivity contribution >= 4 is 36.4 Å². The molecule has 0 heterocycles. The number of hydrogen-bond donors (Lipinski definition) is 0. The van der Waals surface area contributed by atoms with Crippen LogP contribution in [0.2, 0.25) is 0 Å². The van der Waals surface area contributed by atoms with Gasteiger partial charge in [0.1, 0.15) is 5.75 Å². The molecule has 1 rings (SSSR count). The average molecular weight is 448 g/mol. The van der Waals surface area contributed by atoms with Gasteiger partial charge in [-0.3, -0.25) is 0 Å². The molecular weight excluding hydrogens is 433 g/mol. The van der Waals surface area contributed by atoms with Crippen molar-refractivity contribution in [3.8, 4) is 5.75 Å². The van der Waals surface area contributed by atoms with Gasteiger partial charge in [-0.2, -0.15) is 0 Å². The van der Waals surface area contributed by atoms with Gasteiger partial charge >= 0.3 is 56.6 Å². The zero-order chi connectivity index (χ0) is 20.2. The Morgan fingerprint density at radius 2 is 1.14 bits per heavy atom. The van der Waals surface area contributed by atoms with E-state index < -0.39 is 59.6 Å². The second kappa shape index (κ2) is 13.0. The van der Waals surface area contributed by atoms with E-state index in [4.69, 9.17) is 4.74 Å². The quantitative estimate of drug-likeness (QED) is 0.246. The summed E-state index contributed by atoms with van der Waals surface area (Å²) in [6, 6.07) is 5.82. The first-order chi connectivity index (χ1) is 11.6. The first-order valence-electron chi connectivity index (χ1n) is 6.79. The molecule has 0 amide bonds. The molecule has 0 unspecified atom stereocenters. The molecule has 148 valence electrons. The summed E-state index contributed by atoms with van der Waals surface area (Å²) in [5, 5.41) is 0. The molecule has 0 atom stereocenters. The standard InChI is InChI=1S/C13H18O10S3.3Li/c1-2-11-3-5-12(6-4-11)23-7-13(8-24(14,15)16,9-25(17,18)19)10-26(20,21)22;;;/h2-6H,1,7-10H2,(H,14,15,16)(H,17,18,19)(H,20,21,22);;;/q;3*+1/p-3. The van der Waals surface area contributed by atoms with Crippen LogP contribution in [0.25, 0.3) is 6.08 Å². The molecule has 0 N–H and O–H groups in total. The van der Waals surface area contributed by atoms with Crippen LogP contribution in [0.4, 0.5) is 0 Å². The van der Waals surface area contributed by atoms with E-state index in [1.165, 1.54) is 30.3 Å². The molecule has 0 aliphatic carbocycles. The van der Waals surface area contributed by atoms with Gasteiger partial charge in [-0.15, -0.1) is 0 Å². The summed E-state index contributed by atoms with van der Waals surface area (Å²) in [6.45, 7) is 2.55. The molecule has 0 aromatic heterocycles. The van der Waals surface area contributed by atoms with Crippen molar-refractivity contribution in [1.29, 1.82) is 0 Å². The Morgan fingerprint density at radius 1 is 0.793 bits per heavy atom. The summed E-state index contributed by atoms with van der Waals surface area (Å²) in [5.41, 5.74) is -1.85. The number of ether oxygens (including phenoxy) is 1. The van der Waals surface area contributed by atoms with Crippen LogP contribution in [0.15, 0.2) is 30.8 Å². The van der Waals surface area contributed by atoms with Gasteiger partial charge in [-0.25, -0.2) is 25.3 Å². The Kier molecular flexibility index (Phi) is 15.2. The third kappa shape index (κ3) is 14.8. The summed E-state index contributed by atoms with van der Waals surface area (Å²) in [5.74, 6) is -4.66. The number of rotatable bonds is 10. The molecule has 0 radical (unpaired) electrons. The zero-order valence-electron chi connectivity index (χ0n) is 16.2. The predicted octanol–water partition coefficient (Wildman–Crippen LogP) is -9.66. The molecule has 16 heteroatoms. The van der Waals surface area contributed by atoms with Crippen molar-refractivity contribution in [3.05, 3.63) is 36.4 Å². The fraction of sp³-hybridized carbons (Fsp3) is 0.385. The van der Waals surface area contributed by atoms with Gasteiger partial charge in [0, 0.05) is 22.7 Å². The third-order valence-electron chi connectivity index (χ3n) is 3.11. The molecule has 0 saturated heterocycles. The molecule has 0 aliphatic heterocycles. The van der Waals surface area contributed by atoms with Crippen LogP contribution < -0.4 is 61.3 Å². The Hall–Kier alpha value is 0.282. The maximum atomic E-state index is 11.1. The van der Waals surface area contributed by atoms with E-state index in [-0.39, 0.29) is 62.3 Å². The second-order valence-corrected chi connectivity index (χ2v) is 9.88. The minimum Gasteiger partial charge on any atom is -0.748 e. The monoisotopic (exact) mass is 448 g/mol. The summed E-state index contributed by atoms with van der Waals surface area (Å²) < 4.78 is 105. The Morgan fingerprint density at radius 3 is 1.41 bits per heavy atom. The van der Waals surface area contributed by atoms with E-state index >= 15 is 0 Å². The van der Waals surface area contributed by atoms with Gasteiger partial charge in [0.15, 0.2) is 0 Å². The number of hydrogen-bond acceptors (Lipinski definition) is 10. The van der Waals surface area contributed by atoms with E-state index in [1.807, 2.05) is 0 Å². The molecule has 0 spiro atoms. The van der Waals surface area contributed by atoms with Gasteiger partial charge in [0.25, 0.3) is 0 Å². The van der Waals surface area contributed by atoms with Gasteiger partial charge in [-0.05, 0) is 17.7 Å². The van der Waals surface area contributed by atoms with E-state index in [2.05, 4.69) is 6.58 Å². The summed E-state index contributed by atoms with van der Waals surface area (Å²) >= 11 is 0. The van der Waals surface area contributed by atoms with Crippen molar-refractivity contribution in [2.24, 2.45) is 5.41 Å². The molecule has 0 fully saturated rings. The molecule has 0 saturated carbocycles. The molecule has 0 bridgehead atoms. The van der Waals surface area contributed by atoms with Crippen molar-refractivity contribution in [3.63, 3.8) is 0 Å². The van der Waals surface area contributed by atoms with Crippen molar-refractivity contribution < 1.29 is 100 Å². The molecule has 29 heavy (non-hydrogen) atoms. The zero-order valence-corrected chi connectivity index (χ0v) is 18.7. The van der Waals surface area contributed by atoms with Gasteiger partial charge < -0.3 is 18.4 Å². The maximum absolute atomic E-state index is 11.1. The van der Waals surface area contributed by atoms with Crippen LogP contribution >= 0.6 is 0 Å². The van der Waals surface area contributed by atoms with Crippen molar-refractivity contribution in [2.75, 3.05) is 23.9 Å². The molecule has 10 nitrogen and oxygen atoms in total. The largest absolute Gasteiger partial charge is 1.00 e. The first-order valence-corrected chi connectivity index (χ1v) is 11.5. The van der Waals surface area contributed by atoms with Gasteiger partial charge in [0.2, 0.25) is 0 Å². The summed E-state index contributed by atoms with van der Waals surface area (Å²) in [7, 11) is -15.6. The van der Waals surface area contributed by atoms with E-state index in [9.17, 15) is 38.9 Å². The minimum atomic E-state index is -5.19. The smallest absolute Gasteiger partial charge is 0.748 e. The normalized spacial score (nSPS) is 12.0. The topological polar surface area (TPSA) is 181 Å². The van der Waals surface area contributed by atoms with Crippen LogP contribution in [0, 0.1) is 5.41 Å². The van der Waals surface area contributed by atoms with Gasteiger partial charge in [0.05, 0.1) is 37.0 Å². The number of benzene rings is 1. The summed E-state index contributed by atoms with van der Waals surface area (Å²) in [6.07, 6.45) is 1.51. The SMILES string of the molecule is C=Cc1ccc(OCC(CS(=O)(=O)[O-])(CS(=O)(=O)[O-])CS(=O)(=O)[O-])cc1.[Li+].[Li+].[Li+]. The van der Waals surface area contributed by atoms with Crippen LogP contribution in [0.3, 0.4) is 0 Å². The molecular formula is C13H15Li3O10S3. The molecule has 1 aromatic rings. The van der Waals surface area contributed by atoms with Crippen molar-refractivity contribution in [2.45, 2.75) is 0 Å². The third-order valence-corrected chi connectivity index (χ3v) is 6.01. The minimum absolute atomic E-state index is 0. The molecule has 1 aromatic carbocycles.